The van der Waals surface area contributed by atoms with Crippen molar-refractivity contribution in [1.82, 2.24) is 0 Å². The Morgan fingerprint density at radius 3 is 2.25 bits per heavy atom. The van der Waals surface area contributed by atoms with Crippen molar-refractivity contribution in [2.24, 2.45) is 5.92 Å². The number of carbonyl (C=O) groups excluding carboxylic acids is 1. The van der Waals surface area contributed by atoms with Crippen LogP contribution in [0.2, 0.25) is 0 Å². The van der Waals surface area contributed by atoms with Crippen LogP contribution in [0.5, 0.6) is 0 Å². The van der Waals surface area contributed by atoms with Gasteiger partial charge in [0.1, 0.15) is 6.29 Å². The largest absolute Gasteiger partial charge is 0.298 e. The lowest BCUT2D eigenvalue weighted by atomic mass is 9.76. The molecular formula is C19H26O. The average molecular weight is 270 g/mol. The molecule has 1 heteroatoms. The molecule has 0 saturated heterocycles. The molecule has 0 amide bonds. The van der Waals surface area contributed by atoms with Crippen molar-refractivity contribution < 1.29 is 4.79 Å². The number of aldehydes is 1. The molecule has 0 atom stereocenters. The Kier molecular flexibility index (Phi) is 5.58. The molecule has 0 aromatic heterocycles. The van der Waals surface area contributed by atoms with Crippen LogP contribution in [0.25, 0.3) is 0 Å². The van der Waals surface area contributed by atoms with Gasteiger partial charge in [-0.3, -0.25) is 4.79 Å². The van der Waals surface area contributed by atoms with Crippen LogP contribution in [0.3, 0.4) is 0 Å². The van der Waals surface area contributed by atoms with E-state index in [2.05, 4.69) is 44.2 Å². The van der Waals surface area contributed by atoms with Gasteiger partial charge in [-0.25, -0.2) is 0 Å². The predicted octanol–water partition coefficient (Wildman–Crippen LogP) is 5.06. The van der Waals surface area contributed by atoms with Gasteiger partial charge in [-0.2, -0.15) is 0 Å². The molecule has 0 unspecified atom stereocenters. The Hall–Kier alpha value is -1.37. The molecule has 2 rings (SSSR count). The third kappa shape index (κ3) is 3.59. The van der Waals surface area contributed by atoms with Gasteiger partial charge in [0.25, 0.3) is 0 Å². The third-order valence-corrected chi connectivity index (χ3v) is 4.63. The number of rotatable bonds is 5. The van der Waals surface area contributed by atoms with Crippen LogP contribution in [0.1, 0.15) is 63.0 Å². The molecule has 0 spiro atoms. The average Bonchev–Trinajstić information content (AvgIpc) is 2.53. The second-order valence-corrected chi connectivity index (χ2v) is 5.87. The second-order valence-electron chi connectivity index (χ2n) is 5.87. The van der Waals surface area contributed by atoms with Crippen molar-refractivity contribution in [2.45, 2.75) is 58.3 Å². The maximum Gasteiger partial charge on any atom is 0.145 e. The quantitative estimate of drug-likeness (QED) is 0.540. The standard InChI is InChI=1S/C19H26O/c1-3-5-19(14-20)18-12-10-17(11-13-18)16-8-6-15(4-2)7-9-16/h5-9,14,17-18H,3-4,10-13H2,1-2H3. The molecule has 1 aliphatic rings. The van der Waals surface area contributed by atoms with Crippen LogP contribution in [-0.4, -0.2) is 6.29 Å². The highest BCUT2D eigenvalue weighted by molar-refractivity contribution is 5.73. The molecule has 1 aromatic carbocycles. The summed E-state index contributed by atoms with van der Waals surface area (Å²) in [5.74, 6) is 1.19. The fourth-order valence-electron chi connectivity index (χ4n) is 3.33. The van der Waals surface area contributed by atoms with Crippen LogP contribution in [-0.2, 0) is 11.2 Å². The third-order valence-electron chi connectivity index (χ3n) is 4.63. The predicted molar refractivity (Wildman–Crippen MR) is 85.0 cm³/mol. The highest BCUT2D eigenvalue weighted by atomic mass is 16.1. The van der Waals surface area contributed by atoms with Crippen LogP contribution in [0.4, 0.5) is 0 Å². The molecule has 1 aliphatic carbocycles. The van der Waals surface area contributed by atoms with Crippen molar-refractivity contribution in [1.29, 1.82) is 0 Å². The van der Waals surface area contributed by atoms with Crippen LogP contribution in [0, 0.1) is 5.92 Å². The second kappa shape index (κ2) is 7.42. The zero-order valence-electron chi connectivity index (χ0n) is 12.8. The first-order valence-electron chi connectivity index (χ1n) is 8.02. The van der Waals surface area contributed by atoms with Crippen LogP contribution in [0.15, 0.2) is 35.9 Å². The Balaban J connectivity index is 1.96. The van der Waals surface area contributed by atoms with E-state index in [9.17, 15) is 4.79 Å². The lowest BCUT2D eigenvalue weighted by Gasteiger charge is -2.29. The van der Waals surface area contributed by atoms with E-state index >= 15 is 0 Å². The summed E-state index contributed by atoms with van der Waals surface area (Å²) in [6, 6.07) is 9.11. The maximum absolute atomic E-state index is 11.1. The molecule has 0 aliphatic heterocycles. The normalized spacial score (nSPS) is 23.6. The number of allylic oxidation sites excluding steroid dienone is 2. The van der Waals surface area contributed by atoms with E-state index in [0.29, 0.717) is 11.8 Å². The SMILES string of the molecule is CCC=C(C=O)C1CCC(c2ccc(CC)cc2)CC1. The minimum Gasteiger partial charge on any atom is -0.298 e. The van der Waals surface area contributed by atoms with E-state index in [1.807, 2.05) is 0 Å². The van der Waals surface area contributed by atoms with E-state index in [1.165, 1.54) is 24.0 Å². The van der Waals surface area contributed by atoms with Crippen molar-refractivity contribution in [3.05, 3.63) is 47.0 Å². The zero-order valence-corrected chi connectivity index (χ0v) is 12.8. The summed E-state index contributed by atoms with van der Waals surface area (Å²) in [7, 11) is 0. The van der Waals surface area contributed by atoms with Gasteiger partial charge in [-0.15, -0.1) is 0 Å². The van der Waals surface area contributed by atoms with Crippen LogP contribution < -0.4 is 0 Å². The molecule has 1 fully saturated rings. The monoisotopic (exact) mass is 270 g/mol. The van der Waals surface area contributed by atoms with Gasteiger partial charge >= 0.3 is 0 Å². The summed E-state index contributed by atoms with van der Waals surface area (Å²) in [6.45, 7) is 4.30. The molecule has 1 aromatic rings. The lowest BCUT2D eigenvalue weighted by molar-refractivity contribution is -0.105. The van der Waals surface area contributed by atoms with Gasteiger partial charge in [0.15, 0.2) is 0 Å². The summed E-state index contributed by atoms with van der Waals surface area (Å²) < 4.78 is 0. The molecule has 1 nitrogen and oxygen atoms in total. The van der Waals surface area contributed by atoms with Gasteiger partial charge in [-0.05, 0) is 67.1 Å². The summed E-state index contributed by atoms with van der Waals surface area (Å²) in [6.07, 6.45) is 9.99. The first-order chi connectivity index (χ1) is 9.78. The lowest BCUT2D eigenvalue weighted by Crippen LogP contribution is -2.16. The Morgan fingerprint density at radius 1 is 1.10 bits per heavy atom. The van der Waals surface area contributed by atoms with E-state index < -0.39 is 0 Å². The number of benzene rings is 1. The zero-order chi connectivity index (χ0) is 14.4. The van der Waals surface area contributed by atoms with E-state index in [0.717, 1.165) is 37.5 Å². The summed E-state index contributed by atoms with van der Waals surface area (Å²) >= 11 is 0. The van der Waals surface area contributed by atoms with Gasteiger partial charge in [0, 0.05) is 0 Å². The number of hydrogen-bond donors (Lipinski definition) is 0. The van der Waals surface area contributed by atoms with E-state index in [4.69, 9.17) is 0 Å². The maximum atomic E-state index is 11.1. The summed E-state index contributed by atoms with van der Waals surface area (Å²) in [5.41, 5.74) is 3.93. The minimum absolute atomic E-state index is 0.499. The van der Waals surface area contributed by atoms with Crippen molar-refractivity contribution in [3.8, 4) is 0 Å². The molecule has 20 heavy (non-hydrogen) atoms. The van der Waals surface area contributed by atoms with Gasteiger partial charge in [-0.1, -0.05) is 44.2 Å². The van der Waals surface area contributed by atoms with Gasteiger partial charge in [0.05, 0.1) is 0 Å². The fraction of sp³-hybridized carbons (Fsp3) is 0.526. The number of carbonyl (C=O) groups is 1. The molecule has 0 radical (unpaired) electrons. The summed E-state index contributed by atoms with van der Waals surface area (Å²) in [5, 5.41) is 0. The van der Waals surface area contributed by atoms with Crippen molar-refractivity contribution in [2.75, 3.05) is 0 Å². The van der Waals surface area contributed by atoms with E-state index in [-0.39, 0.29) is 0 Å². The topological polar surface area (TPSA) is 17.1 Å². The Morgan fingerprint density at radius 2 is 1.75 bits per heavy atom. The molecule has 1 saturated carbocycles. The molecule has 0 bridgehead atoms. The highest BCUT2D eigenvalue weighted by Crippen LogP contribution is 2.38. The Bertz CT molecular complexity index is 447. The van der Waals surface area contributed by atoms with Gasteiger partial charge in [0.2, 0.25) is 0 Å². The summed E-state index contributed by atoms with van der Waals surface area (Å²) in [4.78, 5) is 11.1. The Labute approximate surface area is 123 Å². The van der Waals surface area contributed by atoms with Crippen molar-refractivity contribution >= 4 is 6.29 Å². The fourth-order valence-corrected chi connectivity index (χ4v) is 3.33. The van der Waals surface area contributed by atoms with Gasteiger partial charge < -0.3 is 0 Å². The molecule has 0 N–H and O–H groups in total. The smallest absolute Gasteiger partial charge is 0.145 e. The first-order valence-corrected chi connectivity index (χ1v) is 8.02. The molecule has 108 valence electrons. The number of hydrogen-bond acceptors (Lipinski definition) is 1. The molecule has 0 heterocycles. The van der Waals surface area contributed by atoms with E-state index in [1.54, 1.807) is 0 Å². The molecular weight excluding hydrogens is 244 g/mol. The van der Waals surface area contributed by atoms with Crippen molar-refractivity contribution in [3.63, 3.8) is 0 Å². The number of aryl methyl sites for hydroxylation is 1. The van der Waals surface area contributed by atoms with Crippen LogP contribution >= 0.6 is 0 Å². The highest BCUT2D eigenvalue weighted by Gasteiger charge is 2.24. The first kappa shape index (κ1) is 15.0. The minimum atomic E-state index is 0.499.